The summed E-state index contributed by atoms with van der Waals surface area (Å²) in [4.78, 5) is 6.95. The molecule has 1 unspecified atom stereocenters. The van der Waals surface area contributed by atoms with Crippen molar-refractivity contribution in [3.8, 4) is 0 Å². The molecule has 1 aliphatic rings. The highest BCUT2D eigenvalue weighted by molar-refractivity contribution is 5.48. The smallest absolute Gasteiger partial charge is 0.133 e. The van der Waals surface area contributed by atoms with E-state index in [1.807, 2.05) is 19.2 Å². The lowest BCUT2D eigenvalue weighted by atomic mass is 9.95. The largest absolute Gasteiger partial charge is 0.356 e. The van der Waals surface area contributed by atoms with Crippen LogP contribution in [0, 0.1) is 5.92 Å². The minimum atomic E-state index is 0.0562. The Morgan fingerprint density at radius 2 is 2.41 bits per heavy atom. The molecule has 0 bridgehead atoms. The Bertz CT molecular complexity index is 362. The molecule has 17 heavy (non-hydrogen) atoms. The van der Waals surface area contributed by atoms with Gasteiger partial charge in [0.05, 0.1) is 0 Å². The van der Waals surface area contributed by atoms with Crippen LogP contribution in [0.3, 0.4) is 0 Å². The van der Waals surface area contributed by atoms with Gasteiger partial charge in [0.1, 0.15) is 5.82 Å². The second kappa shape index (κ2) is 5.50. The molecule has 1 aromatic rings. The van der Waals surface area contributed by atoms with Gasteiger partial charge < -0.3 is 10.6 Å². The SMILES string of the molecule is CCC1CCCN(c2ncccc2[C@H](C)N)C1. The van der Waals surface area contributed by atoms with E-state index in [2.05, 4.69) is 22.9 Å². The molecule has 94 valence electrons. The summed E-state index contributed by atoms with van der Waals surface area (Å²) in [5, 5.41) is 0. The summed E-state index contributed by atoms with van der Waals surface area (Å²) in [7, 11) is 0. The number of nitrogens with zero attached hydrogens (tertiary/aromatic N) is 2. The van der Waals surface area contributed by atoms with Gasteiger partial charge in [0.15, 0.2) is 0 Å². The molecule has 1 saturated heterocycles. The minimum absolute atomic E-state index is 0.0562. The predicted octanol–water partition coefficient (Wildman–Crippen LogP) is 2.73. The summed E-state index contributed by atoms with van der Waals surface area (Å²) in [5.41, 5.74) is 7.19. The highest BCUT2D eigenvalue weighted by Gasteiger charge is 2.22. The van der Waals surface area contributed by atoms with Crippen LogP contribution in [0.2, 0.25) is 0 Å². The fourth-order valence-corrected chi connectivity index (χ4v) is 2.62. The van der Waals surface area contributed by atoms with Gasteiger partial charge in [-0.05, 0) is 31.7 Å². The van der Waals surface area contributed by atoms with Crippen molar-refractivity contribution in [1.29, 1.82) is 0 Å². The van der Waals surface area contributed by atoms with Gasteiger partial charge in [-0.1, -0.05) is 19.4 Å². The van der Waals surface area contributed by atoms with Crippen LogP contribution in [-0.2, 0) is 0 Å². The minimum Gasteiger partial charge on any atom is -0.356 e. The predicted molar refractivity (Wildman–Crippen MR) is 72.1 cm³/mol. The number of hydrogen-bond acceptors (Lipinski definition) is 3. The monoisotopic (exact) mass is 233 g/mol. The lowest BCUT2D eigenvalue weighted by molar-refractivity contribution is 0.402. The molecule has 2 atom stereocenters. The Balaban J connectivity index is 2.21. The molecule has 2 N–H and O–H groups in total. The number of aromatic nitrogens is 1. The Morgan fingerprint density at radius 3 is 3.12 bits per heavy atom. The van der Waals surface area contributed by atoms with Crippen molar-refractivity contribution in [2.24, 2.45) is 11.7 Å². The summed E-state index contributed by atoms with van der Waals surface area (Å²) < 4.78 is 0. The number of nitrogens with two attached hydrogens (primary N) is 1. The number of piperidine rings is 1. The van der Waals surface area contributed by atoms with Crippen molar-refractivity contribution in [1.82, 2.24) is 4.98 Å². The highest BCUT2D eigenvalue weighted by atomic mass is 15.2. The van der Waals surface area contributed by atoms with E-state index >= 15 is 0 Å². The molecule has 0 amide bonds. The molecule has 1 aliphatic heterocycles. The highest BCUT2D eigenvalue weighted by Crippen LogP contribution is 2.28. The molecule has 0 aromatic carbocycles. The molecule has 3 heteroatoms. The van der Waals surface area contributed by atoms with Crippen molar-refractivity contribution < 1.29 is 0 Å². The zero-order valence-corrected chi connectivity index (χ0v) is 10.9. The summed E-state index contributed by atoms with van der Waals surface area (Å²) in [6.07, 6.45) is 5.76. The Hall–Kier alpha value is -1.09. The molecule has 0 saturated carbocycles. The van der Waals surface area contributed by atoms with E-state index in [1.54, 1.807) is 0 Å². The molecular weight excluding hydrogens is 210 g/mol. The van der Waals surface area contributed by atoms with E-state index in [9.17, 15) is 0 Å². The average Bonchev–Trinajstić information content (AvgIpc) is 2.39. The van der Waals surface area contributed by atoms with Crippen molar-refractivity contribution in [3.05, 3.63) is 23.9 Å². The zero-order chi connectivity index (χ0) is 12.3. The van der Waals surface area contributed by atoms with Gasteiger partial charge in [-0.2, -0.15) is 0 Å². The van der Waals surface area contributed by atoms with Crippen LogP contribution in [-0.4, -0.2) is 18.1 Å². The van der Waals surface area contributed by atoms with Crippen molar-refractivity contribution in [3.63, 3.8) is 0 Å². The molecule has 0 spiro atoms. The topological polar surface area (TPSA) is 42.2 Å². The molecule has 2 heterocycles. The summed E-state index contributed by atoms with van der Waals surface area (Å²) in [5.74, 6) is 1.91. The van der Waals surface area contributed by atoms with Crippen LogP contribution in [0.4, 0.5) is 5.82 Å². The van der Waals surface area contributed by atoms with Gasteiger partial charge in [0.2, 0.25) is 0 Å². The first-order chi connectivity index (χ1) is 8.22. The Labute approximate surface area is 104 Å². The van der Waals surface area contributed by atoms with Crippen molar-refractivity contribution in [2.45, 2.75) is 39.2 Å². The average molecular weight is 233 g/mol. The van der Waals surface area contributed by atoms with Crippen LogP contribution in [0.15, 0.2) is 18.3 Å². The van der Waals surface area contributed by atoms with Crippen LogP contribution in [0.5, 0.6) is 0 Å². The van der Waals surface area contributed by atoms with Crippen LogP contribution in [0.1, 0.15) is 44.7 Å². The maximum Gasteiger partial charge on any atom is 0.133 e. The number of anilines is 1. The quantitative estimate of drug-likeness (QED) is 0.873. The number of hydrogen-bond donors (Lipinski definition) is 1. The normalized spacial score (nSPS) is 22.5. The molecule has 1 aromatic heterocycles. The maximum atomic E-state index is 6.02. The molecule has 1 fully saturated rings. The van der Waals surface area contributed by atoms with Gasteiger partial charge in [-0.15, -0.1) is 0 Å². The van der Waals surface area contributed by atoms with Gasteiger partial charge >= 0.3 is 0 Å². The summed E-state index contributed by atoms with van der Waals surface area (Å²) >= 11 is 0. The number of pyridine rings is 1. The Morgan fingerprint density at radius 1 is 1.59 bits per heavy atom. The fraction of sp³-hybridized carbons (Fsp3) is 0.643. The standard InChI is InChI=1S/C14H23N3/c1-3-12-6-5-9-17(10-12)14-13(11(2)15)7-4-8-16-14/h4,7-8,11-12H,3,5-6,9-10,15H2,1-2H3/t11-,12?/m0/s1. The van der Waals surface area contributed by atoms with Gasteiger partial charge in [-0.3, -0.25) is 0 Å². The summed E-state index contributed by atoms with van der Waals surface area (Å²) in [6.45, 7) is 6.56. The molecule has 3 nitrogen and oxygen atoms in total. The summed E-state index contributed by atoms with van der Waals surface area (Å²) in [6, 6.07) is 4.13. The zero-order valence-electron chi connectivity index (χ0n) is 10.9. The van der Waals surface area contributed by atoms with E-state index in [0.29, 0.717) is 0 Å². The first-order valence-electron chi connectivity index (χ1n) is 6.67. The molecule has 0 aliphatic carbocycles. The van der Waals surface area contributed by atoms with Crippen molar-refractivity contribution >= 4 is 5.82 Å². The third-order valence-electron chi connectivity index (χ3n) is 3.70. The van der Waals surface area contributed by atoms with E-state index < -0.39 is 0 Å². The van der Waals surface area contributed by atoms with Gasteiger partial charge in [0, 0.05) is 30.9 Å². The lowest BCUT2D eigenvalue weighted by Crippen LogP contribution is -2.36. The molecule has 0 radical (unpaired) electrons. The van der Waals surface area contributed by atoms with E-state index in [-0.39, 0.29) is 6.04 Å². The lowest BCUT2D eigenvalue weighted by Gasteiger charge is -2.34. The first kappa shape index (κ1) is 12.4. The van der Waals surface area contributed by atoms with E-state index in [1.165, 1.54) is 24.8 Å². The molecule has 2 rings (SSSR count). The third kappa shape index (κ3) is 2.78. The maximum absolute atomic E-state index is 6.02. The van der Waals surface area contributed by atoms with Gasteiger partial charge in [0.25, 0.3) is 0 Å². The third-order valence-corrected chi connectivity index (χ3v) is 3.70. The van der Waals surface area contributed by atoms with E-state index in [4.69, 9.17) is 5.73 Å². The van der Waals surface area contributed by atoms with Crippen LogP contribution < -0.4 is 10.6 Å². The molecular formula is C14H23N3. The Kier molecular flexibility index (Phi) is 4.00. The second-order valence-electron chi connectivity index (χ2n) is 5.07. The second-order valence-corrected chi connectivity index (χ2v) is 5.07. The van der Waals surface area contributed by atoms with Crippen LogP contribution >= 0.6 is 0 Å². The van der Waals surface area contributed by atoms with Gasteiger partial charge in [-0.25, -0.2) is 4.98 Å². The van der Waals surface area contributed by atoms with Crippen molar-refractivity contribution in [2.75, 3.05) is 18.0 Å². The van der Waals surface area contributed by atoms with Crippen LogP contribution in [0.25, 0.3) is 0 Å². The first-order valence-corrected chi connectivity index (χ1v) is 6.67. The number of rotatable bonds is 3. The fourth-order valence-electron chi connectivity index (χ4n) is 2.62. The van der Waals surface area contributed by atoms with E-state index in [0.717, 1.165) is 24.8 Å².